The number of nitrogens with one attached hydrogen (secondary N) is 1. The van der Waals surface area contributed by atoms with E-state index in [1.54, 1.807) is 4.68 Å². The van der Waals surface area contributed by atoms with Crippen LogP contribution in [-0.2, 0) is 11.8 Å². The molecule has 1 rings (SSSR count). The second kappa shape index (κ2) is 7.28. The van der Waals surface area contributed by atoms with Crippen LogP contribution >= 0.6 is 0 Å². The summed E-state index contributed by atoms with van der Waals surface area (Å²) >= 11 is 0. The zero-order chi connectivity index (χ0) is 14.4. The van der Waals surface area contributed by atoms with Crippen molar-refractivity contribution in [3.05, 3.63) is 11.8 Å². The molecule has 0 bridgehead atoms. The molecule has 0 aromatic carbocycles. The summed E-state index contributed by atoms with van der Waals surface area (Å²) in [6.07, 6.45) is 2.40. The van der Waals surface area contributed by atoms with Crippen molar-refractivity contribution in [1.29, 1.82) is 0 Å². The third kappa shape index (κ3) is 5.03. The van der Waals surface area contributed by atoms with Crippen LogP contribution < -0.4 is 11.1 Å². The first-order valence-corrected chi connectivity index (χ1v) is 6.94. The smallest absolute Gasteiger partial charge is 0.225 e. The Morgan fingerprint density at radius 1 is 1.47 bits per heavy atom. The standard InChI is InChI=1S/C14H26N4O/c1-10(2)12(7-8-15)5-6-14(19)16-13-9-11(3)17-18(13)4/h9-10,12H,5-8,15H2,1-4H3,(H,16,19). The monoisotopic (exact) mass is 266 g/mol. The van der Waals surface area contributed by atoms with E-state index < -0.39 is 0 Å². The lowest BCUT2D eigenvalue weighted by atomic mass is 9.88. The van der Waals surface area contributed by atoms with E-state index in [-0.39, 0.29) is 5.91 Å². The molecule has 19 heavy (non-hydrogen) atoms. The van der Waals surface area contributed by atoms with Gasteiger partial charge in [-0.25, -0.2) is 0 Å². The number of aryl methyl sites for hydroxylation is 2. The highest BCUT2D eigenvalue weighted by Crippen LogP contribution is 2.20. The first kappa shape index (κ1) is 15.7. The summed E-state index contributed by atoms with van der Waals surface area (Å²) in [5.41, 5.74) is 6.51. The molecular weight excluding hydrogens is 240 g/mol. The molecule has 0 fully saturated rings. The molecule has 5 heteroatoms. The first-order valence-electron chi connectivity index (χ1n) is 6.94. The predicted molar refractivity (Wildman–Crippen MR) is 77.8 cm³/mol. The fourth-order valence-corrected chi connectivity index (χ4v) is 2.27. The van der Waals surface area contributed by atoms with Crippen molar-refractivity contribution in [2.24, 2.45) is 24.6 Å². The first-order chi connectivity index (χ1) is 8.93. The van der Waals surface area contributed by atoms with Crippen molar-refractivity contribution >= 4 is 11.7 Å². The predicted octanol–water partition coefficient (Wildman–Crippen LogP) is 2.07. The van der Waals surface area contributed by atoms with Crippen LogP contribution in [0.3, 0.4) is 0 Å². The number of hydrogen-bond acceptors (Lipinski definition) is 3. The second-order valence-electron chi connectivity index (χ2n) is 5.46. The summed E-state index contributed by atoms with van der Waals surface area (Å²) in [5.74, 6) is 1.88. The Kier molecular flexibility index (Phi) is 6.02. The maximum absolute atomic E-state index is 11.9. The molecule has 1 unspecified atom stereocenters. The molecule has 0 saturated carbocycles. The SMILES string of the molecule is Cc1cc(NC(=O)CCC(CCN)C(C)C)n(C)n1. The average molecular weight is 266 g/mol. The fourth-order valence-electron chi connectivity index (χ4n) is 2.27. The van der Waals surface area contributed by atoms with Gasteiger partial charge in [-0.1, -0.05) is 13.8 Å². The Labute approximate surface area is 115 Å². The van der Waals surface area contributed by atoms with Crippen LogP contribution in [0.2, 0.25) is 0 Å². The molecule has 5 nitrogen and oxygen atoms in total. The van der Waals surface area contributed by atoms with Gasteiger partial charge < -0.3 is 11.1 Å². The van der Waals surface area contributed by atoms with Crippen molar-refractivity contribution in [2.45, 2.75) is 40.0 Å². The number of anilines is 1. The molecule has 0 aliphatic carbocycles. The summed E-state index contributed by atoms with van der Waals surface area (Å²) in [4.78, 5) is 11.9. The summed E-state index contributed by atoms with van der Waals surface area (Å²) in [6, 6.07) is 1.87. The number of amides is 1. The third-order valence-electron chi connectivity index (χ3n) is 3.49. The van der Waals surface area contributed by atoms with Gasteiger partial charge in [-0.05, 0) is 38.1 Å². The van der Waals surface area contributed by atoms with Gasteiger partial charge >= 0.3 is 0 Å². The Bertz CT molecular complexity index is 412. The summed E-state index contributed by atoms with van der Waals surface area (Å²) < 4.78 is 1.69. The molecule has 0 spiro atoms. The highest BCUT2D eigenvalue weighted by atomic mass is 16.1. The van der Waals surface area contributed by atoms with E-state index in [1.165, 1.54) is 0 Å². The van der Waals surface area contributed by atoms with Gasteiger partial charge in [-0.3, -0.25) is 9.48 Å². The molecular formula is C14H26N4O. The van der Waals surface area contributed by atoms with E-state index >= 15 is 0 Å². The zero-order valence-electron chi connectivity index (χ0n) is 12.4. The second-order valence-corrected chi connectivity index (χ2v) is 5.46. The van der Waals surface area contributed by atoms with Crippen LogP contribution in [0.15, 0.2) is 6.07 Å². The summed E-state index contributed by atoms with van der Waals surface area (Å²) in [6.45, 7) is 6.96. The lowest BCUT2D eigenvalue weighted by Gasteiger charge is -2.19. The van der Waals surface area contributed by atoms with E-state index in [2.05, 4.69) is 24.3 Å². The fraction of sp³-hybridized carbons (Fsp3) is 0.714. The average Bonchev–Trinajstić information content (AvgIpc) is 2.62. The number of aromatic nitrogens is 2. The number of hydrogen-bond donors (Lipinski definition) is 2. The van der Waals surface area contributed by atoms with Gasteiger partial charge in [0.05, 0.1) is 5.69 Å². The van der Waals surface area contributed by atoms with Crippen molar-refractivity contribution < 1.29 is 4.79 Å². The lowest BCUT2D eigenvalue weighted by Crippen LogP contribution is -2.19. The molecule has 1 aromatic rings. The van der Waals surface area contributed by atoms with Gasteiger partial charge in [0.1, 0.15) is 5.82 Å². The van der Waals surface area contributed by atoms with Crippen molar-refractivity contribution in [2.75, 3.05) is 11.9 Å². The van der Waals surface area contributed by atoms with Gasteiger partial charge in [0.2, 0.25) is 5.91 Å². The minimum Gasteiger partial charge on any atom is -0.330 e. The van der Waals surface area contributed by atoms with Gasteiger partial charge in [0.25, 0.3) is 0 Å². The molecule has 108 valence electrons. The van der Waals surface area contributed by atoms with Gasteiger partial charge in [0.15, 0.2) is 0 Å². The minimum atomic E-state index is 0.0469. The molecule has 0 aliphatic heterocycles. The van der Waals surface area contributed by atoms with Gasteiger partial charge in [-0.2, -0.15) is 5.10 Å². The molecule has 0 radical (unpaired) electrons. The Morgan fingerprint density at radius 3 is 2.63 bits per heavy atom. The van der Waals surface area contributed by atoms with Gasteiger partial charge in [-0.15, -0.1) is 0 Å². The number of carbonyl (C=O) groups excluding carboxylic acids is 1. The van der Waals surface area contributed by atoms with Crippen LogP contribution in [0.1, 0.15) is 38.8 Å². The van der Waals surface area contributed by atoms with E-state index in [4.69, 9.17) is 5.73 Å². The summed E-state index contributed by atoms with van der Waals surface area (Å²) in [5, 5.41) is 7.10. The topological polar surface area (TPSA) is 72.9 Å². The van der Waals surface area contributed by atoms with Crippen LogP contribution in [0.5, 0.6) is 0 Å². The maximum atomic E-state index is 11.9. The van der Waals surface area contributed by atoms with Crippen LogP contribution in [0.25, 0.3) is 0 Å². The normalized spacial score (nSPS) is 12.7. The Balaban J connectivity index is 2.45. The van der Waals surface area contributed by atoms with Crippen molar-refractivity contribution in [3.63, 3.8) is 0 Å². The molecule has 0 saturated heterocycles. The maximum Gasteiger partial charge on any atom is 0.225 e. The number of carbonyl (C=O) groups is 1. The highest BCUT2D eigenvalue weighted by Gasteiger charge is 2.15. The Hall–Kier alpha value is -1.36. The molecule has 3 N–H and O–H groups in total. The summed E-state index contributed by atoms with van der Waals surface area (Å²) in [7, 11) is 1.83. The zero-order valence-corrected chi connectivity index (χ0v) is 12.4. The number of nitrogens with zero attached hydrogens (tertiary/aromatic N) is 2. The minimum absolute atomic E-state index is 0.0469. The van der Waals surface area contributed by atoms with E-state index in [0.29, 0.717) is 24.8 Å². The van der Waals surface area contributed by atoms with Gasteiger partial charge in [0, 0.05) is 19.5 Å². The molecule has 1 aromatic heterocycles. The molecule has 1 heterocycles. The molecule has 1 amide bonds. The van der Waals surface area contributed by atoms with E-state index in [9.17, 15) is 4.79 Å². The van der Waals surface area contributed by atoms with Crippen molar-refractivity contribution in [3.8, 4) is 0 Å². The number of rotatable bonds is 7. The van der Waals surface area contributed by atoms with Crippen LogP contribution in [0.4, 0.5) is 5.82 Å². The van der Waals surface area contributed by atoms with Crippen LogP contribution in [-0.4, -0.2) is 22.2 Å². The number of nitrogens with two attached hydrogens (primary N) is 1. The Morgan fingerprint density at radius 2 is 2.16 bits per heavy atom. The molecule has 0 aliphatic rings. The molecule has 1 atom stereocenters. The van der Waals surface area contributed by atoms with Crippen molar-refractivity contribution in [1.82, 2.24) is 9.78 Å². The third-order valence-corrected chi connectivity index (χ3v) is 3.49. The highest BCUT2D eigenvalue weighted by molar-refractivity contribution is 5.89. The lowest BCUT2D eigenvalue weighted by molar-refractivity contribution is -0.116. The van der Waals surface area contributed by atoms with Crippen LogP contribution in [0, 0.1) is 18.8 Å². The largest absolute Gasteiger partial charge is 0.330 e. The van der Waals surface area contributed by atoms with E-state index in [0.717, 1.165) is 24.4 Å². The quantitative estimate of drug-likeness (QED) is 0.793. The van der Waals surface area contributed by atoms with E-state index in [1.807, 2.05) is 20.0 Å².